The van der Waals surface area contributed by atoms with E-state index in [0.29, 0.717) is 5.95 Å². The molecule has 1 aromatic heterocycles. The van der Waals surface area contributed by atoms with Gasteiger partial charge in [-0.2, -0.15) is 4.98 Å². The Hall–Kier alpha value is -2.40. The van der Waals surface area contributed by atoms with Crippen molar-refractivity contribution in [2.24, 2.45) is 0 Å². The maximum absolute atomic E-state index is 4.52. The van der Waals surface area contributed by atoms with E-state index in [4.69, 9.17) is 0 Å². The van der Waals surface area contributed by atoms with Gasteiger partial charge in [0.15, 0.2) is 0 Å². The van der Waals surface area contributed by atoms with Gasteiger partial charge in [-0.25, -0.2) is 4.98 Å². The highest BCUT2D eigenvalue weighted by Gasteiger charge is 2.04. The second-order valence-electron chi connectivity index (χ2n) is 5.27. The fourth-order valence-corrected chi connectivity index (χ4v) is 2.61. The quantitative estimate of drug-likeness (QED) is 0.652. The van der Waals surface area contributed by atoms with Crippen LogP contribution in [0.4, 0.5) is 23.1 Å². The van der Waals surface area contributed by atoms with Crippen LogP contribution in [0.25, 0.3) is 0 Å². The molecule has 0 aliphatic carbocycles. The van der Waals surface area contributed by atoms with Crippen molar-refractivity contribution in [1.29, 1.82) is 0 Å². The minimum atomic E-state index is 0.554. The van der Waals surface area contributed by atoms with E-state index in [1.54, 1.807) is 6.20 Å². The lowest BCUT2D eigenvalue weighted by Gasteiger charge is -2.12. The van der Waals surface area contributed by atoms with Gasteiger partial charge >= 0.3 is 0 Å². The highest BCUT2D eigenvalue weighted by atomic mass is 79.9. The number of nitrogens with one attached hydrogen (secondary N) is 2. The third-order valence-corrected chi connectivity index (χ3v) is 4.10. The molecule has 2 N–H and O–H groups in total. The molecule has 116 valence electrons. The van der Waals surface area contributed by atoms with Crippen LogP contribution in [0.3, 0.4) is 0 Å². The second-order valence-corrected chi connectivity index (χ2v) is 6.19. The number of halogens is 1. The molecule has 2 aromatic carbocycles. The first-order chi connectivity index (χ1) is 11.1. The second kappa shape index (κ2) is 6.79. The van der Waals surface area contributed by atoms with E-state index in [-0.39, 0.29) is 0 Å². The first kappa shape index (κ1) is 15.5. The predicted octanol–water partition coefficient (Wildman–Crippen LogP) is 5.34. The molecule has 23 heavy (non-hydrogen) atoms. The van der Waals surface area contributed by atoms with Gasteiger partial charge < -0.3 is 10.6 Å². The average Bonchev–Trinajstić information content (AvgIpc) is 2.52. The summed E-state index contributed by atoms with van der Waals surface area (Å²) in [4.78, 5) is 8.78. The molecule has 0 spiro atoms. The maximum atomic E-state index is 4.52. The largest absolute Gasteiger partial charge is 0.340 e. The van der Waals surface area contributed by atoms with Crippen LogP contribution in [0.15, 0.2) is 59.2 Å². The monoisotopic (exact) mass is 368 g/mol. The van der Waals surface area contributed by atoms with E-state index >= 15 is 0 Å². The molecule has 0 saturated heterocycles. The smallest absolute Gasteiger partial charge is 0.229 e. The zero-order chi connectivity index (χ0) is 16.2. The molecule has 4 nitrogen and oxygen atoms in total. The summed E-state index contributed by atoms with van der Waals surface area (Å²) < 4.78 is 1.01. The summed E-state index contributed by atoms with van der Waals surface area (Å²) in [5.41, 5.74) is 4.45. The number of aryl methyl sites for hydroxylation is 1. The lowest BCUT2D eigenvalue weighted by molar-refractivity contribution is 1.16. The Morgan fingerprint density at radius 1 is 0.957 bits per heavy atom. The lowest BCUT2D eigenvalue weighted by Crippen LogP contribution is -2.01. The fraction of sp³-hybridized carbons (Fsp3) is 0.111. The van der Waals surface area contributed by atoms with Crippen LogP contribution in [-0.4, -0.2) is 9.97 Å². The Morgan fingerprint density at radius 3 is 2.61 bits per heavy atom. The van der Waals surface area contributed by atoms with Gasteiger partial charge in [0.1, 0.15) is 5.82 Å². The summed E-state index contributed by atoms with van der Waals surface area (Å²) in [6.07, 6.45) is 1.74. The average molecular weight is 369 g/mol. The van der Waals surface area contributed by atoms with Crippen LogP contribution in [0.2, 0.25) is 0 Å². The number of aromatic nitrogens is 2. The summed E-state index contributed by atoms with van der Waals surface area (Å²) in [6, 6.07) is 15.9. The summed E-state index contributed by atoms with van der Waals surface area (Å²) in [6.45, 7) is 4.19. The molecule has 0 atom stereocenters. The molecule has 3 rings (SSSR count). The van der Waals surface area contributed by atoms with Gasteiger partial charge in [-0.1, -0.05) is 34.1 Å². The highest BCUT2D eigenvalue weighted by molar-refractivity contribution is 9.10. The van der Waals surface area contributed by atoms with Crippen molar-refractivity contribution in [3.63, 3.8) is 0 Å². The molecule has 0 unspecified atom stereocenters. The van der Waals surface area contributed by atoms with Gasteiger partial charge in [0, 0.05) is 22.0 Å². The van der Waals surface area contributed by atoms with E-state index in [1.165, 1.54) is 11.1 Å². The van der Waals surface area contributed by atoms with Gasteiger partial charge in [-0.3, -0.25) is 0 Å². The molecule has 1 heterocycles. The minimum Gasteiger partial charge on any atom is -0.340 e. The molecular formula is C18H17BrN4. The van der Waals surface area contributed by atoms with Crippen LogP contribution in [-0.2, 0) is 0 Å². The van der Waals surface area contributed by atoms with Gasteiger partial charge in [0.05, 0.1) is 0 Å². The summed E-state index contributed by atoms with van der Waals surface area (Å²) in [5, 5.41) is 6.55. The Kier molecular flexibility index (Phi) is 4.57. The third kappa shape index (κ3) is 3.87. The molecule has 0 amide bonds. The number of anilines is 4. The molecule has 5 heteroatoms. The molecule has 3 aromatic rings. The molecule has 0 saturated carbocycles. The number of benzene rings is 2. The Balaban J connectivity index is 1.81. The van der Waals surface area contributed by atoms with Crippen molar-refractivity contribution < 1.29 is 0 Å². The fourth-order valence-electron chi connectivity index (χ4n) is 2.21. The minimum absolute atomic E-state index is 0.554. The zero-order valence-corrected chi connectivity index (χ0v) is 14.6. The van der Waals surface area contributed by atoms with Gasteiger partial charge in [-0.05, 0) is 55.3 Å². The van der Waals surface area contributed by atoms with E-state index < -0.39 is 0 Å². The third-order valence-electron chi connectivity index (χ3n) is 3.60. The molecule has 0 radical (unpaired) electrons. The van der Waals surface area contributed by atoms with E-state index in [9.17, 15) is 0 Å². The Bertz CT molecular complexity index is 833. The summed E-state index contributed by atoms with van der Waals surface area (Å²) in [7, 11) is 0. The van der Waals surface area contributed by atoms with Crippen LogP contribution < -0.4 is 10.6 Å². The van der Waals surface area contributed by atoms with Crippen LogP contribution in [0.5, 0.6) is 0 Å². The number of nitrogens with zero attached hydrogens (tertiary/aromatic N) is 2. The van der Waals surface area contributed by atoms with Crippen LogP contribution >= 0.6 is 15.9 Å². The molecule has 0 fully saturated rings. The normalized spacial score (nSPS) is 10.4. The topological polar surface area (TPSA) is 49.8 Å². The van der Waals surface area contributed by atoms with Gasteiger partial charge in [0.2, 0.25) is 5.95 Å². The van der Waals surface area contributed by atoms with Crippen LogP contribution in [0, 0.1) is 13.8 Å². The van der Waals surface area contributed by atoms with Crippen molar-refractivity contribution in [2.75, 3.05) is 10.6 Å². The number of hydrogen-bond donors (Lipinski definition) is 2. The molecule has 0 aliphatic rings. The number of rotatable bonds is 4. The van der Waals surface area contributed by atoms with Crippen molar-refractivity contribution >= 4 is 39.1 Å². The summed E-state index contributed by atoms with van der Waals surface area (Å²) >= 11 is 3.46. The van der Waals surface area contributed by atoms with Gasteiger partial charge in [0.25, 0.3) is 0 Å². The Morgan fingerprint density at radius 2 is 1.78 bits per heavy atom. The lowest BCUT2D eigenvalue weighted by atomic mass is 10.1. The van der Waals surface area contributed by atoms with Crippen LogP contribution in [0.1, 0.15) is 11.1 Å². The first-order valence-electron chi connectivity index (χ1n) is 7.31. The number of hydrogen-bond acceptors (Lipinski definition) is 4. The van der Waals surface area contributed by atoms with Crippen molar-refractivity contribution in [3.05, 3.63) is 70.3 Å². The molecule has 0 aliphatic heterocycles. The highest BCUT2D eigenvalue weighted by Crippen LogP contribution is 2.23. The van der Waals surface area contributed by atoms with Crippen molar-refractivity contribution in [1.82, 2.24) is 9.97 Å². The molecule has 0 bridgehead atoms. The van der Waals surface area contributed by atoms with E-state index in [0.717, 1.165) is 21.7 Å². The summed E-state index contributed by atoms with van der Waals surface area (Å²) in [5.74, 6) is 1.31. The predicted molar refractivity (Wildman–Crippen MR) is 98.7 cm³/mol. The molecular weight excluding hydrogens is 352 g/mol. The Labute approximate surface area is 144 Å². The van der Waals surface area contributed by atoms with Gasteiger partial charge in [-0.15, -0.1) is 0 Å². The SMILES string of the molecule is Cc1cccc(Nc2ccnc(Nc3cccc(Br)c3)n2)c1C. The van der Waals surface area contributed by atoms with Crippen molar-refractivity contribution in [2.45, 2.75) is 13.8 Å². The van der Waals surface area contributed by atoms with E-state index in [1.807, 2.05) is 42.5 Å². The first-order valence-corrected chi connectivity index (χ1v) is 8.10. The van der Waals surface area contributed by atoms with E-state index in [2.05, 4.69) is 56.4 Å². The van der Waals surface area contributed by atoms with Crippen molar-refractivity contribution in [3.8, 4) is 0 Å². The maximum Gasteiger partial charge on any atom is 0.229 e. The zero-order valence-electron chi connectivity index (χ0n) is 13.0. The standard InChI is InChI=1S/C18H17BrN4/c1-12-5-3-8-16(13(12)2)22-17-9-10-20-18(23-17)21-15-7-4-6-14(19)11-15/h3-11H,1-2H3,(H2,20,21,22,23).